The summed E-state index contributed by atoms with van der Waals surface area (Å²) in [4.78, 5) is 14.7. The van der Waals surface area contributed by atoms with E-state index in [1.165, 1.54) is 41.9 Å². The fourth-order valence-electron chi connectivity index (χ4n) is 3.48. The Kier molecular flexibility index (Phi) is 6.77. The zero-order chi connectivity index (χ0) is 21.8. The number of halogens is 2. The molecular formula is C22H23ClFN5OS. The first-order chi connectivity index (χ1) is 15.0. The normalized spacial score (nSPS) is 14.0. The number of anilines is 2. The second-order valence-electron chi connectivity index (χ2n) is 7.46. The van der Waals surface area contributed by atoms with E-state index < -0.39 is 5.82 Å². The van der Waals surface area contributed by atoms with Crippen LogP contribution in [0.25, 0.3) is 5.69 Å². The van der Waals surface area contributed by atoms with Crippen LogP contribution in [0, 0.1) is 12.7 Å². The van der Waals surface area contributed by atoms with Crippen LogP contribution in [0.4, 0.5) is 16.0 Å². The van der Waals surface area contributed by atoms with Crippen LogP contribution in [0.2, 0.25) is 5.02 Å². The smallest absolute Gasteiger partial charge is 0.234 e. The minimum atomic E-state index is -0.450. The number of nitrogens with zero attached hydrogens (tertiary/aromatic N) is 4. The highest BCUT2D eigenvalue weighted by Gasteiger charge is 2.22. The van der Waals surface area contributed by atoms with Crippen molar-refractivity contribution in [3.8, 4) is 5.69 Å². The van der Waals surface area contributed by atoms with Crippen LogP contribution in [0.15, 0.2) is 47.6 Å². The molecule has 0 bridgehead atoms. The molecule has 1 fully saturated rings. The van der Waals surface area contributed by atoms with E-state index >= 15 is 0 Å². The molecule has 1 aromatic heterocycles. The Hall–Kier alpha value is -2.58. The molecule has 0 saturated carbocycles. The van der Waals surface area contributed by atoms with Gasteiger partial charge in [-0.1, -0.05) is 41.1 Å². The maximum atomic E-state index is 13.2. The standard InChI is InChI=1S/C22H23ClFN5OS/c1-15-5-8-17(9-6-15)29-21(28-11-3-2-4-12-28)26-27-22(29)31-14-20(30)25-19-10-7-16(24)13-18(19)23/h5-10,13H,2-4,11-12,14H2,1H3,(H,25,30). The topological polar surface area (TPSA) is 63.1 Å². The second kappa shape index (κ2) is 9.70. The van der Waals surface area contributed by atoms with E-state index in [4.69, 9.17) is 11.6 Å². The first kappa shape index (κ1) is 21.6. The largest absolute Gasteiger partial charge is 0.341 e. The number of carbonyl (C=O) groups excluding carboxylic acids is 1. The maximum absolute atomic E-state index is 13.2. The van der Waals surface area contributed by atoms with Crippen molar-refractivity contribution >= 4 is 40.9 Å². The predicted octanol–water partition coefficient (Wildman–Crippen LogP) is 5.09. The van der Waals surface area contributed by atoms with Gasteiger partial charge in [-0.15, -0.1) is 10.2 Å². The average molecular weight is 460 g/mol. The van der Waals surface area contributed by atoms with Crippen molar-refractivity contribution in [2.75, 3.05) is 29.1 Å². The SMILES string of the molecule is Cc1ccc(-n2c(SCC(=O)Nc3ccc(F)cc3Cl)nnc2N2CCCCC2)cc1. The van der Waals surface area contributed by atoms with Crippen molar-refractivity contribution in [2.24, 2.45) is 0 Å². The van der Waals surface area contributed by atoms with Crippen LogP contribution in [0.3, 0.4) is 0 Å². The lowest BCUT2D eigenvalue weighted by Crippen LogP contribution is -2.31. The molecule has 1 N–H and O–H groups in total. The highest BCUT2D eigenvalue weighted by atomic mass is 35.5. The van der Waals surface area contributed by atoms with Crippen molar-refractivity contribution in [1.29, 1.82) is 0 Å². The van der Waals surface area contributed by atoms with Gasteiger partial charge in [-0.2, -0.15) is 0 Å². The number of piperidine rings is 1. The van der Waals surface area contributed by atoms with Gasteiger partial charge in [-0.05, 0) is 56.5 Å². The molecule has 1 amide bonds. The molecule has 3 aromatic rings. The molecule has 1 aliphatic heterocycles. The molecule has 1 saturated heterocycles. The molecule has 4 rings (SSSR count). The summed E-state index contributed by atoms with van der Waals surface area (Å²) < 4.78 is 15.2. The number of aryl methyl sites for hydroxylation is 1. The Morgan fingerprint density at radius 1 is 1.13 bits per heavy atom. The third kappa shape index (κ3) is 5.19. The van der Waals surface area contributed by atoms with E-state index in [1.54, 1.807) is 0 Å². The number of amides is 1. The lowest BCUT2D eigenvalue weighted by Gasteiger charge is -2.27. The van der Waals surface area contributed by atoms with E-state index in [1.807, 2.05) is 35.8 Å². The van der Waals surface area contributed by atoms with Crippen LogP contribution < -0.4 is 10.2 Å². The number of rotatable bonds is 6. The Labute approximate surface area is 189 Å². The Morgan fingerprint density at radius 2 is 1.87 bits per heavy atom. The van der Waals surface area contributed by atoms with Crippen molar-refractivity contribution in [3.05, 3.63) is 58.9 Å². The predicted molar refractivity (Wildman–Crippen MR) is 123 cm³/mol. The van der Waals surface area contributed by atoms with Gasteiger partial charge in [0.05, 0.1) is 22.2 Å². The number of thioether (sulfide) groups is 1. The van der Waals surface area contributed by atoms with Crippen molar-refractivity contribution in [2.45, 2.75) is 31.3 Å². The lowest BCUT2D eigenvalue weighted by atomic mass is 10.1. The van der Waals surface area contributed by atoms with Gasteiger partial charge < -0.3 is 10.2 Å². The molecule has 6 nitrogen and oxygen atoms in total. The number of benzene rings is 2. The summed E-state index contributed by atoms with van der Waals surface area (Å²) in [6.07, 6.45) is 3.48. The van der Waals surface area contributed by atoms with Crippen LogP contribution in [-0.4, -0.2) is 39.5 Å². The summed E-state index contributed by atoms with van der Waals surface area (Å²) in [6, 6.07) is 12.0. The van der Waals surface area contributed by atoms with E-state index in [-0.39, 0.29) is 16.7 Å². The highest BCUT2D eigenvalue weighted by Crippen LogP contribution is 2.29. The maximum Gasteiger partial charge on any atom is 0.234 e. The third-order valence-corrected chi connectivity index (χ3v) is 6.33. The van der Waals surface area contributed by atoms with E-state index in [2.05, 4.69) is 20.4 Å². The molecular weight excluding hydrogens is 437 g/mol. The fourth-order valence-corrected chi connectivity index (χ4v) is 4.44. The number of hydrogen-bond acceptors (Lipinski definition) is 5. The van der Waals surface area contributed by atoms with Crippen LogP contribution >= 0.6 is 23.4 Å². The van der Waals surface area contributed by atoms with Gasteiger partial charge in [-0.3, -0.25) is 9.36 Å². The number of hydrogen-bond donors (Lipinski definition) is 1. The van der Waals surface area contributed by atoms with Crippen molar-refractivity contribution < 1.29 is 9.18 Å². The van der Waals surface area contributed by atoms with Crippen LogP contribution in [0.1, 0.15) is 24.8 Å². The lowest BCUT2D eigenvalue weighted by molar-refractivity contribution is -0.113. The zero-order valence-corrected chi connectivity index (χ0v) is 18.7. The Morgan fingerprint density at radius 3 is 2.58 bits per heavy atom. The first-order valence-electron chi connectivity index (χ1n) is 10.2. The fraction of sp³-hybridized carbons (Fsp3) is 0.318. The number of aromatic nitrogens is 3. The minimum Gasteiger partial charge on any atom is -0.341 e. The van der Waals surface area contributed by atoms with Crippen molar-refractivity contribution in [3.63, 3.8) is 0 Å². The molecule has 0 spiro atoms. The Balaban J connectivity index is 1.54. The van der Waals surface area contributed by atoms with Crippen LogP contribution in [0.5, 0.6) is 0 Å². The molecule has 1 aliphatic rings. The highest BCUT2D eigenvalue weighted by molar-refractivity contribution is 7.99. The molecule has 162 valence electrons. The molecule has 2 heterocycles. The summed E-state index contributed by atoms with van der Waals surface area (Å²) in [5, 5.41) is 12.3. The van der Waals surface area contributed by atoms with Gasteiger partial charge in [0.1, 0.15) is 5.82 Å². The Bertz CT molecular complexity index is 1070. The molecule has 0 radical (unpaired) electrons. The third-order valence-electron chi connectivity index (χ3n) is 5.08. The summed E-state index contributed by atoms with van der Waals surface area (Å²) in [6.45, 7) is 3.93. The van der Waals surface area contributed by atoms with E-state index in [0.717, 1.165) is 37.6 Å². The summed E-state index contributed by atoms with van der Waals surface area (Å²) in [5.74, 6) is 0.218. The quantitative estimate of drug-likeness (QED) is 0.520. The van der Waals surface area contributed by atoms with Gasteiger partial charge in [0.25, 0.3) is 0 Å². The molecule has 0 aliphatic carbocycles. The van der Waals surface area contributed by atoms with Crippen molar-refractivity contribution in [1.82, 2.24) is 14.8 Å². The van der Waals surface area contributed by atoms with Crippen LogP contribution in [-0.2, 0) is 4.79 Å². The zero-order valence-electron chi connectivity index (χ0n) is 17.1. The number of nitrogens with one attached hydrogen (secondary N) is 1. The monoisotopic (exact) mass is 459 g/mol. The summed E-state index contributed by atoms with van der Waals surface area (Å²) >= 11 is 7.31. The summed E-state index contributed by atoms with van der Waals surface area (Å²) in [5.41, 5.74) is 2.50. The molecule has 2 aromatic carbocycles. The second-order valence-corrected chi connectivity index (χ2v) is 8.81. The van der Waals surface area contributed by atoms with E-state index in [9.17, 15) is 9.18 Å². The molecule has 0 unspecified atom stereocenters. The number of carbonyl (C=O) groups is 1. The first-order valence-corrected chi connectivity index (χ1v) is 11.5. The van der Waals surface area contributed by atoms with Gasteiger partial charge in [0, 0.05) is 13.1 Å². The average Bonchev–Trinajstić information content (AvgIpc) is 3.19. The van der Waals surface area contributed by atoms with Gasteiger partial charge in [-0.25, -0.2) is 4.39 Å². The molecule has 0 atom stereocenters. The molecule has 9 heteroatoms. The summed E-state index contributed by atoms with van der Waals surface area (Å²) in [7, 11) is 0. The minimum absolute atomic E-state index is 0.123. The van der Waals surface area contributed by atoms with E-state index in [0.29, 0.717) is 10.8 Å². The van der Waals surface area contributed by atoms with Gasteiger partial charge in [0.15, 0.2) is 5.16 Å². The van der Waals surface area contributed by atoms with Gasteiger partial charge in [0.2, 0.25) is 11.9 Å². The molecule has 31 heavy (non-hydrogen) atoms. The van der Waals surface area contributed by atoms with Gasteiger partial charge >= 0.3 is 0 Å².